The van der Waals surface area contributed by atoms with Crippen molar-refractivity contribution >= 4 is 17.2 Å². The third-order valence-corrected chi connectivity index (χ3v) is 3.95. The number of hydrogen-bond acceptors (Lipinski definition) is 4. The van der Waals surface area contributed by atoms with E-state index in [1.165, 1.54) is 10.9 Å². The zero-order valence-corrected chi connectivity index (χ0v) is 12.8. The first-order valence-electron chi connectivity index (χ1n) is 6.99. The van der Waals surface area contributed by atoms with Crippen molar-refractivity contribution in [3.8, 4) is 0 Å². The van der Waals surface area contributed by atoms with Gasteiger partial charge in [0.1, 0.15) is 5.82 Å². The molecule has 0 saturated heterocycles. The van der Waals surface area contributed by atoms with Crippen LogP contribution in [-0.2, 0) is 17.6 Å². The fraction of sp³-hybridized carbons (Fsp3) is 0.400. The van der Waals surface area contributed by atoms with Crippen LogP contribution in [0.1, 0.15) is 29.2 Å². The number of H-pyrrole nitrogens is 1. The summed E-state index contributed by atoms with van der Waals surface area (Å²) in [5.41, 5.74) is 0.538. The van der Waals surface area contributed by atoms with E-state index in [9.17, 15) is 9.59 Å². The minimum Gasteiger partial charge on any atom is -0.356 e. The number of rotatable bonds is 7. The van der Waals surface area contributed by atoms with E-state index >= 15 is 0 Å². The van der Waals surface area contributed by atoms with Crippen molar-refractivity contribution in [2.24, 2.45) is 0 Å². The average molecular weight is 305 g/mol. The van der Waals surface area contributed by atoms with E-state index in [-0.39, 0.29) is 11.5 Å². The number of aromatic amines is 1. The number of nitrogens with one attached hydrogen (secondary N) is 2. The molecule has 2 rings (SSSR count). The first-order chi connectivity index (χ1) is 10.1. The monoisotopic (exact) mass is 305 g/mol. The summed E-state index contributed by atoms with van der Waals surface area (Å²) in [6.07, 6.45) is 2.85. The van der Waals surface area contributed by atoms with Gasteiger partial charge in [-0.1, -0.05) is 6.07 Å². The minimum absolute atomic E-state index is 0.0431. The first-order valence-corrected chi connectivity index (χ1v) is 7.87. The highest BCUT2D eigenvalue weighted by atomic mass is 32.1. The molecule has 0 atom stereocenters. The van der Waals surface area contributed by atoms with Gasteiger partial charge < -0.3 is 10.3 Å². The van der Waals surface area contributed by atoms with E-state index in [1.54, 1.807) is 18.3 Å². The largest absolute Gasteiger partial charge is 0.356 e. The fourth-order valence-corrected chi connectivity index (χ4v) is 2.80. The normalized spacial score (nSPS) is 10.5. The summed E-state index contributed by atoms with van der Waals surface area (Å²) in [6, 6.07) is 5.56. The third kappa shape index (κ3) is 5.51. The van der Waals surface area contributed by atoms with Crippen LogP contribution < -0.4 is 10.9 Å². The number of thiophene rings is 1. The molecule has 2 heterocycles. The SMILES string of the molecule is Cc1cc(=O)[nH]c(CCNC(=O)CCCc2cccs2)n1. The molecule has 0 aliphatic carbocycles. The number of hydrogen-bond donors (Lipinski definition) is 2. The second-order valence-electron chi connectivity index (χ2n) is 4.87. The maximum absolute atomic E-state index is 11.7. The van der Waals surface area contributed by atoms with Crippen LogP contribution in [0.15, 0.2) is 28.4 Å². The lowest BCUT2D eigenvalue weighted by Crippen LogP contribution is -2.26. The van der Waals surface area contributed by atoms with E-state index in [1.807, 2.05) is 11.4 Å². The summed E-state index contributed by atoms with van der Waals surface area (Å²) in [6.45, 7) is 2.27. The summed E-state index contributed by atoms with van der Waals surface area (Å²) in [5, 5.41) is 4.90. The molecule has 112 valence electrons. The lowest BCUT2D eigenvalue weighted by molar-refractivity contribution is -0.121. The smallest absolute Gasteiger partial charge is 0.251 e. The highest BCUT2D eigenvalue weighted by molar-refractivity contribution is 7.09. The molecular weight excluding hydrogens is 286 g/mol. The van der Waals surface area contributed by atoms with Crippen LogP contribution in [0, 0.1) is 6.92 Å². The van der Waals surface area contributed by atoms with Crippen LogP contribution in [0.4, 0.5) is 0 Å². The van der Waals surface area contributed by atoms with Crippen LogP contribution in [0.25, 0.3) is 0 Å². The maximum atomic E-state index is 11.7. The average Bonchev–Trinajstić information content (AvgIpc) is 2.91. The summed E-state index contributed by atoms with van der Waals surface area (Å²) < 4.78 is 0. The van der Waals surface area contributed by atoms with Crippen molar-refractivity contribution < 1.29 is 4.79 Å². The van der Waals surface area contributed by atoms with Crippen molar-refractivity contribution in [1.82, 2.24) is 15.3 Å². The highest BCUT2D eigenvalue weighted by Crippen LogP contribution is 2.11. The molecule has 0 unspecified atom stereocenters. The predicted octanol–water partition coefficient (Wildman–Crippen LogP) is 1.82. The molecule has 0 aliphatic heterocycles. The number of aromatic nitrogens is 2. The molecule has 6 heteroatoms. The van der Waals surface area contributed by atoms with Gasteiger partial charge in [0.05, 0.1) is 0 Å². The maximum Gasteiger partial charge on any atom is 0.251 e. The molecule has 0 aromatic carbocycles. The Balaban J connectivity index is 1.65. The van der Waals surface area contributed by atoms with Crippen LogP contribution in [-0.4, -0.2) is 22.4 Å². The van der Waals surface area contributed by atoms with E-state index in [2.05, 4.69) is 21.4 Å². The Kier molecular flexibility index (Phi) is 5.68. The van der Waals surface area contributed by atoms with Crippen LogP contribution in [0.5, 0.6) is 0 Å². The number of aryl methyl sites for hydroxylation is 2. The number of carbonyl (C=O) groups is 1. The third-order valence-electron chi connectivity index (χ3n) is 3.01. The molecule has 0 fully saturated rings. The molecule has 0 spiro atoms. The van der Waals surface area contributed by atoms with Crippen LogP contribution in [0.2, 0.25) is 0 Å². The van der Waals surface area contributed by atoms with Gasteiger partial charge in [0.2, 0.25) is 5.91 Å². The van der Waals surface area contributed by atoms with Crippen LogP contribution >= 0.6 is 11.3 Å². The molecular formula is C15H19N3O2S. The summed E-state index contributed by atoms with van der Waals surface area (Å²) in [4.78, 5) is 31.2. The second kappa shape index (κ2) is 7.73. The zero-order valence-electron chi connectivity index (χ0n) is 12.0. The molecule has 21 heavy (non-hydrogen) atoms. The summed E-state index contributed by atoms with van der Waals surface area (Å²) >= 11 is 1.72. The molecule has 5 nitrogen and oxygen atoms in total. The lowest BCUT2D eigenvalue weighted by atomic mass is 10.2. The fourth-order valence-electron chi connectivity index (χ4n) is 2.05. The molecule has 0 bridgehead atoms. The van der Waals surface area contributed by atoms with Gasteiger partial charge in [0, 0.05) is 36.0 Å². The molecule has 2 aromatic heterocycles. The Morgan fingerprint density at radius 1 is 1.43 bits per heavy atom. The van der Waals surface area contributed by atoms with Gasteiger partial charge in [-0.3, -0.25) is 9.59 Å². The Morgan fingerprint density at radius 2 is 2.29 bits per heavy atom. The Labute approximate surface area is 127 Å². The Bertz CT molecular complexity index is 635. The van der Waals surface area contributed by atoms with Gasteiger partial charge >= 0.3 is 0 Å². The van der Waals surface area contributed by atoms with Crippen molar-refractivity contribution in [2.75, 3.05) is 6.54 Å². The van der Waals surface area contributed by atoms with Gasteiger partial charge in [-0.05, 0) is 31.2 Å². The van der Waals surface area contributed by atoms with Crippen molar-refractivity contribution in [3.05, 3.63) is 50.3 Å². The van der Waals surface area contributed by atoms with Crippen LogP contribution in [0.3, 0.4) is 0 Å². The molecule has 0 aliphatic rings. The zero-order chi connectivity index (χ0) is 15.1. The standard InChI is InChI=1S/C15H19N3O2S/c1-11-10-15(20)18-13(17-11)7-8-16-14(19)6-2-4-12-5-3-9-21-12/h3,5,9-10H,2,4,6-8H2,1H3,(H,16,19)(H,17,18,20). The Morgan fingerprint density at radius 3 is 3.00 bits per heavy atom. The van der Waals surface area contributed by atoms with E-state index in [0.29, 0.717) is 30.9 Å². The van der Waals surface area contributed by atoms with Gasteiger partial charge in [-0.15, -0.1) is 11.3 Å². The summed E-state index contributed by atoms with van der Waals surface area (Å²) in [7, 11) is 0. The molecule has 2 aromatic rings. The molecule has 0 radical (unpaired) electrons. The van der Waals surface area contributed by atoms with E-state index in [0.717, 1.165) is 12.8 Å². The first kappa shape index (κ1) is 15.4. The topological polar surface area (TPSA) is 74.8 Å². The van der Waals surface area contributed by atoms with E-state index in [4.69, 9.17) is 0 Å². The van der Waals surface area contributed by atoms with Crippen molar-refractivity contribution in [1.29, 1.82) is 0 Å². The van der Waals surface area contributed by atoms with Gasteiger partial charge in [-0.25, -0.2) is 4.98 Å². The minimum atomic E-state index is -0.153. The Hall–Kier alpha value is -1.95. The molecule has 1 amide bonds. The highest BCUT2D eigenvalue weighted by Gasteiger charge is 2.03. The number of carbonyl (C=O) groups excluding carboxylic acids is 1. The lowest BCUT2D eigenvalue weighted by Gasteiger charge is -2.05. The van der Waals surface area contributed by atoms with Gasteiger partial charge in [-0.2, -0.15) is 0 Å². The van der Waals surface area contributed by atoms with Gasteiger partial charge in [0.25, 0.3) is 5.56 Å². The molecule has 2 N–H and O–H groups in total. The quantitative estimate of drug-likeness (QED) is 0.819. The number of nitrogens with zero attached hydrogens (tertiary/aromatic N) is 1. The second-order valence-corrected chi connectivity index (χ2v) is 5.90. The molecule has 0 saturated carbocycles. The van der Waals surface area contributed by atoms with Crippen molar-refractivity contribution in [3.63, 3.8) is 0 Å². The van der Waals surface area contributed by atoms with Crippen molar-refractivity contribution in [2.45, 2.75) is 32.6 Å². The number of amides is 1. The summed E-state index contributed by atoms with van der Waals surface area (Å²) in [5.74, 6) is 0.653. The van der Waals surface area contributed by atoms with Gasteiger partial charge in [0.15, 0.2) is 0 Å². The predicted molar refractivity (Wildman–Crippen MR) is 83.6 cm³/mol. The van der Waals surface area contributed by atoms with E-state index < -0.39 is 0 Å².